The first-order valence-electron chi connectivity index (χ1n) is 7.97. The molecule has 1 aromatic carbocycles. The highest BCUT2D eigenvalue weighted by atomic mass is 79.9. The van der Waals surface area contributed by atoms with E-state index in [1.54, 1.807) is 11.3 Å². The predicted octanol–water partition coefficient (Wildman–Crippen LogP) is 4.51. The summed E-state index contributed by atoms with van der Waals surface area (Å²) in [7, 11) is 0. The van der Waals surface area contributed by atoms with Gasteiger partial charge in [0.25, 0.3) is 0 Å². The van der Waals surface area contributed by atoms with E-state index in [9.17, 15) is 9.59 Å². The highest BCUT2D eigenvalue weighted by Crippen LogP contribution is 2.43. The van der Waals surface area contributed by atoms with Crippen molar-refractivity contribution in [2.24, 2.45) is 0 Å². The zero-order chi connectivity index (χ0) is 16.7. The zero-order valence-electron chi connectivity index (χ0n) is 12.9. The van der Waals surface area contributed by atoms with Gasteiger partial charge in [-0.15, -0.1) is 11.3 Å². The lowest BCUT2D eigenvalue weighted by molar-refractivity contribution is -0.122. The van der Waals surface area contributed by atoms with E-state index in [1.165, 1.54) is 4.88 Å². The van der Waals surface area contributed by atoms with Crippen molar-refractivity contribution in [3.63, 3.8) is 0 Å². The van der Waals surface area contributed by atoms with Crippen LogP contribution in [0.1, 0.15) is 41.5 Å². The van der Waals surface area contributed by atoms with Crippen molar-refractivity contribution in [3.05, 3.63) is 68.0 Å². The number of halogens is 1. The normalized spacial score (nSPS) is 23.9. The van der Waals surface area contributed by atoms with Gasteiger partial charge in [-0.25, -0.2) is 0 Å². The maximum Gasteiger partial charge on any atom is 0.225 e. The number of Topliss-reactive ketones (excluding diaryl/α,β-unsaturated/α-hetero) is 1. The van der Waals surface area contributed by atoms with Crippen LogP contribution < -0.4 is 5.32 Å². The van der Waals surface area contributed by atoms with Crippen LogP contribution in [0, 0.1) is 0 Å². The second-order valence-corrected chi connectivity index (χ2v) is 8.19. The minimum Gasteiger partial charge on any atom is -0.329 e. The van der Waals surface area contributed by atoms with Crippen LogP contribution in [0.5, 0.6) is 0 Å². The first-order valence-corrected chi connectivity index (χ1v) is 9.64. The van der Waals surface area contributed by atoms with Crippen LogP contribution in [0.25, 0.3) is 0 Å². The van der Waals surface area contributed by atoms with Gasteiger partial charge >= 0.3 is 0 Å². The Labute approximate surface area is 152 Å². The number of nitrogens with one attached hydrogen (secondary N) is 1. The molecular formula is C19H16BrNO2S. The Morgan fingerprint density at radius 1 is 1.04 bits per heavy atom. The Kier molecular flexibility index (Phi) is 4.14. The highest BCUT2D eigenvalue weighted by molar-refractivity contribution is 9.10. The molecular weight excluding hydrogens is 386 g/mol. The molecule has 1 N–H and O–H groups in total. The van der Waals surface area contributed by atoms with Gasteiger partial charge < -0.3 is 5.32 Å². The van der Waals surface area contributed by atoms with Gasteiger partial charge in [-0.3, -0.25) is 9.59 Å². The van der Waals surface area contributed by atoms with Crippen molar-refractivity contribution < 1.29 is 9.59 Å². The lowest BCUT2D eigenvalue weighted by Crippen LogP contribution is -2.38. The van der Waals surface area contributed by atoms with Gasteiger partial charge in [0.2, 0.25) is 5.91 Å². The van der Waals surface area contributed by atoms with Gasteiger partial charge in [-0.2, -0.15) is 0 Å². The Morgan fingerprint density at radius 2 is 1.83 bits per heavy atom. The summed E-state index contributed by atoms with van der Waals surface area (Å²) in [4.78, 5) is 26.3. The molecule has 0 saturated heterocycles. The van der Waals surface area contributed by atoms with E-state index in [0.717, 1.165) is 27.7 Å². The molecule has 0 unspecified atom stereocenters. The fourth-order valence-electron chi connectivity index (χ4n) is 3.66. The third-order valence-corrected chi connectivity index (χ3v) is 6.32. The third-order valence-electron chi connectivity index (χ3n) is 4.75. The van der Waals surface area contributed by atoms with Crippen LogP contribution >= 0.6 is 27.3 Å². The van der Waals surface area contributed by atoms with Crippen molar-refractivity contribution in [3.8, 4) is 0 Å². The summed E-state index contributed by atoms with van der Waals surface area (Å²) < 4.78 is 0.994. The standard InChI is InChI=1S/C19H16BrNO2S/c20-13-5-3-11(4-6-13)14-10-18(23)21-15-8-12(9-16(22)19(14)15)17-2-1-7-24-17/h1-7,12,14H,8-10H2,(H,21,23)/t12-,14+/m1/s1. The molecule has 0 radical (unpaired) electrons. The number of allylic oxidation sites excluding steroid dienone is 2. The van der Waals surface area contributed by atoms with E-state index in [4.69, 9.17) is 0 Å². The van der Waals surface area contributed by atoms with Crippen LogP contribution in [0.4, 0.5) is 0 Å². The number of hydrogen-bond donors (Lipinski definition) is 1. The van der Waals surface area contributed by atoms with Gasteiger partial charge in [-0.05, 0) is 35.6 Å². The van der Waals surface area contributed by atoms with Gasteiger partial charge in [-0.1, -0.05) is 34.1 Å². The van der Waals surface area contributed by atoms with Crippen molar-refractivity contribution in [1.29, 1.82) is 0 Å². The lowest BCUT2D eigenvalue weighted by atomic mass is 9.75. The van der Waals surface area contributed by atoms with E-state index >= 15 is 0 Å². The number of carbonyl (C=O) groups is 2. The number of thiophene rings is 1. The molecule has 0 saturated carbocycles. The van der Waals surface area contributed by atoms with Crippen LogP contribution in [0.15, 0.2) is 57.5 Å². The van der Waals surface area contributed by atoms with Crippen LogP contribution in [-0.2, 0) is 9.59 Å². The molecule has 2 atom stereocenters. The SMILES string of the molecule is O=C1C[C@@H](c2ccc(Br)cc2)C2=C(C[C@@H](c3cccs3)CC2=O)N1. The number of benzene rings is 1. The van der Waals surface area contributed by atoms with Crippen LogP contribution in [0.3, 0.4) is 0 Å². The molecule has 4 rings (SSSR count). The highest BCUT2D eigenvalue weighted by Gasteiger charge is 2.38. The molecule has 1 amide bonds. The fourth-order valence-corrected chi connectivity index (χ4v) is 4.76. The minimum atomic E-state index is -0.126. The van der Waals surface area contributed by atoms with E-state index in [1.807, 2.05) is 35.7 Å². The molecule has 0 fully saturated rings. The molecule has 24 heavy (non-hydrogen) atoms. The molecule has 3 nitrogen and oxygen atoms in total. The summed E-state index contributed by atoms with van der Waals surface area (Å²) in [5.41, 5.74) is 2.67. The van der Waals surface area contributed by atoms with Gasteiger partial charge in [0.1, 0.15) is 0 Å². The molecule has 1 aromatic heterocycles. The smallest absolute Gasteiger partial charge is 0.225 e. The molecule has 1 aliphatic carbocycles. The number of carbonyl (C=O) groups excluding carboxylic acids is 2. The maximum atomic E-state index is 12.9. The average Bonchev–Trinajstić information content (AvgIpc) is 3.09. The molecule has 0 spiro atoms. The van der Waals surface area contributed by atoms with Gasteiger partial charge in [0.05, 0.1) is 0 Å². The Hall–Kier alpha value is -1.72. The number of amides is 1. The van der Waals surface area contributed by atoms with Gasteiger partial charge in [0.15, 0.2) is 5.78 Å². The fraction of sp³-hybridized carbons (Fsp3) is 0.263. The predicted molar refractivity (Wildman–Crippen MR) is 98.0 cm³/mol. The summed E-state index contributed by atoms with van der Waals surface area (Å²) in [6, 6.07) is 12.0. The second-order valence-electron chi connectivity index (χ2n) is 6.29. The largest absolute Gasteiger partial charge is 0.329 e. The van der Waals surface area contributed by atoms with E-state index in [-0.39, 0.29) is 23.5 Å². The summed E-state index contributed by atoms with van der Waals surface area (Å²) in [5, 5.41) is 5.00. The van der Waals surface area contributed by atoms with Gasteiger partial charge in [0, 0.05) is 45.3 Å². The number of rotatable bonds is 2. The second kappa shape index (κ2) is 6.30. The topological polar surface area (TPSA) is 46.2 Å². The van der Waals surface area contributed by atoms with Crippen molar-refractivity contribution in [2.75, 3.05) is 0 Å². The Balaban J connectivity index is 1.72. The molecule has 2 heterocycles. The van der Waals surface area contributed by atoms with E-state index in [0.29, 0.717) is 12.8 Å². The lowest BCUT2D eigenvalue weighted by Gasteiger charge is -2.34. The zero-order valence-corrected chi connectivity index (χ0v) is 15.3. The molecule has 5 heteroatoms. The molecule has 122 valence electrons. The number of ketones is 1. The average molecular weight is 402 g/mol. The van der Waals surface area contributed by atoms with Crippen molar-refractivity contribution >= 4 is 39.0 Å². The van der Waals surface area contributed by atoms with Crippen molar-refractivity contribution in [2.45, 2.75) is 31.1 Å². The summed E-state index contributed by atoms with van der Waals surface area (Å²) in [5.74, 6) is 0.225. The number of hydrogen-bond acceptors (Lipinski definition) is 3. The third kappa shape index (κ3) is 2.87. The minimum absolute atomic E-state index is 0.00120. The maximum absolute atomic E-state index is 12.9. The van der Waals surface area contributed by atoms with Crippen LogP contribution in [0.2, 0.25) is 0 Å². The molecule has 0 bridgehead atoms. The van der Waals surface area contributed by atoms with Crippen LogP contribution in [-0.4, -0.2) is 11.7 Å². The summed E-state index contributed by atoms with van der Waals surface area (Å²) >= 11 is 5.11. The quantitative estimate of drug-likeness (QED) is 0.803. The summed E-state index contributed by atoms with van der Waals surface area (Å²) in [6.07, 6.45) is 1.61. The summed E-state index contributed by atoms with van der Waals surface area (Å²) in [6.45, 7) is 0. The molecule has 1 aliphatic heterocycles. The van der Waals surface area contributed by atoms with E-state index < -0.39 is 0 Å². The first-order chi connectivity index (χ1) is 11.6. The van der Waals surface area contributed by atoms with E-state index in [2.05, 4.69) is 27.3 Å². The Morgan fingerprint density at radius 3 is 2.54 bits per heavy atom. The van der Waals surface area contributed by atoms with Crippen molar-refractivity contribution in [1.82, 2.24) is 5.32 Å². The first kappa shape index (κ1) is 15.8. The Bertz CT molecular complexity index is 824. The monoisotopic (exact) mass is 401 g/mol. The molecule has 2 aromatic rings. The molecule has 2 aliphatic rings.